The minimum atomic E-state index is -1.15. The molecule has 1 unspecified atom stereocenters. The van der Waals surface area contributed by atoms with Crippen LogP contribution in [0.15, 0.2) is 36.4 Å². The molecular weight excluding hydrogens is 626 g/mol. The van der Waals surface area contributed by atoms with Gasteiger partial charge in [-0.3, -0.25) is 34.0 Å². The van der Waals surface area contributed by atoms with Gasteiger partial charge in [-0.1, -0.05) is 51.1 Å². The first-order chi connectivity index (χ1) is 23.4. The summed E-state index contributed by atoms with van der Waals surface area (Å²) in [6.07, 6.45) is 6.09. The number of benzene rings is 1. The van der Waals surface area contributed by atoms with E-state index in [4.69, 9.17) is 14.5 Å². The van der Waals surface area contributed by atoms with Gasteiger partial charge >= 0.3 is 11.9 Å². The number of pyridine rings is 1. The maximum absolute atomic E-state index is 14.2. The fraction of sp³-hybridized carbons (Fsp3) is 0.568. The predicted molar refractivity (Wildman–Crippen MR) is 183 cm³/mol. The average Bonchev–Trinajstić information content (AvgIpc) is 3.09. The molecule has 5 bridgehead atoms. The fourth-order valence-corrected chi connectivity index (χ4v) is 6.70. The number of ether oxygens (including phenoxy) is 2. The SMILES string of the molecule is CCCC(=O)O[C@H]1CC[C@]2(/C=C/c3ccc4ccc(nc4c3)[C@@H](C)NC(=O)[C@@H]3CCCN(N3)C(=O)[C@H](C)NC(=O)C(C(C)C)OC2=O)CC1. The molecule has 2 aromatic rings. The normalized spacial score (nSPS) is 29.3. The van der Waals surface area contributed by atoms with Gasteiger partial charge in [0, 0.05) is 18.4 Å². The molecule has 4 atom stereocenters. The van der Waals surface area contributed by atoms with Gasteiger partial charge in [-0.25, -0.2) is 5.43 Å². The van der Waals surface area contributed by atoms with Crippen molar-refractivity contribution < 1.29 is 33.4 Å². The number of carbonyl (C=O) groups is 5. The van der Waals surface area contributed by atoms with E-state index >= 15 is 0 Å². The first kappa shape index (κ1) is 36.0. The molecule has 1 saturated carbocycles. The van der Waals surface area contributed by atoms with Crippen molar-refractivity contribution in [1.82, 2.24) is 26.1 Å². The Morgan fingerprint density at radius 2 is 1.73 bits per heavy atom. The van der Waals surface area contributed by atoms with Crippen LogP contribution >= 0.6 is 0 Å². The first-order valence-electron chi connectivity index (χ1n) is 17.6. The molecule has 2 fully saturated rings. The summed E-state index contributed by atoms with van der Waals surface area (Å²) in [5.41, 5.74) is 4.20. The minimum absolute atomic E-state index is 0.249. The van der Waals surface area contributed by atoms with Crippen LogP contribution in [-0.2, 0) is 33.4 Å². The highest BCUT2D eigenvalue weighted by molar-refractivity contribution is 5.92. The van der Waals surface area contributed by atoms with Crippen molar-refractivity contribution >= 4 is 46.6 Å². The Morgan fingerprint density at radius 3 is 2.45 bits per heavy atom. The zero-order chi connectivity index (χ0) is 35.3. The number of cyclic esters (lactones) is 1. The number of amides is 3. The standard InChI is InChI=1S/C37H49N5O7/c1-6-8-31(43)48-27-15-18-37(19-16-27)17-14-25-10-11-26-12-13-28(40-30(26)21-25)23(4)38-33(44)29-9-7-20-42(41-29)35(46)24(5)39-34(45)32(22(2)3)49-36(37)47/h10-14,17,21-24,27,29,32,41H,6-9,15-16,18-20H2,1-5H3,(H,38,44)(H,39,45)/b17-14+/t23-,24+,27-,29+,32?,37+/m1/s1. The van der Waals surface area contributed by atoms with Gasteiger partial charge < -0.3 is 20.1 Å². The van der Waals surface area contributed by atoms with Crippen molar-refractivity contribution in [2.45, 2.75) is 116 Å². The maximum Gasteiger partial charge on any atom is 0.316 e. The highest BCUT2D eigenvalue weighted by Gasteiger charge is 2.44. The van der Waals surface area contributed by atoms with Crippen LogP contribution in [0, 0.1) is 11.3 Å². The Balaban J connectivity index is 1.50. The average molecular weight is 676 g/mol. The summed E-state index contributed by atoms with van der Waals surface area (Å²) < 4.78 is 11.7. The second-order valence-electron chi connectivity index (χ2n) is 14.0. The van der Waals surface area contributed by atoms with E-state index in [0.29, 0.717) is 63.6 Å². The van der Waals surface area contributed by atoms with E-state index in [0.717, 1.165) is 16.5 Å². The molecule has 3 heterocycles. The van der Waals surface area contributed by atoms with Crippen molar-refractivity contribution in [2.75, 3.05) is 6.54 Å². The zero-order valence-electron chi connectivity index (χ0n) is 29.1. The Labute approximate surface area is 287 Å². The highest BCUT2D eigenvalue weighted by Crippen LogP contribution is 2.41. The van der Waals surface area contributed by atoms with Crippen molar-refractivity contribution in [3.8, 4) is 0 Å². The van der Waals surface area contributed by atoms with Gasteiger partial charge in [-0.2, -0.15) is 0 Å². The van der Waals surface area contributed by atoms with Gasteiger partial charge in [0.05, 0.1) is 22.7 Å². The predicted octanol–water partition coefficient (Wildman–Crippen LogP) is 4.28. The number of rotatable bonds is 4. The lowest BCUT2D eigenvalue weighted by Gasteiger charge is -2.37. The molecule has 12 nitrogen and oxygen atoms in total. The third-order valence-electron chi connectivity index (χ3n) is 9.71. The van der Waals surface area contributed by atoms with E-state index in [-0.39, 0.29) is 23.9 Å². The molecule has 1 spiro atoms. The van der Waals surface area contributed by atoms with E-state index in [1.54, 1.807) is 20.8 Å². The van der Waals surface area contributed by atoms with Crippen LogP contribution < -0.4 is 16.1 Å². The van der Waals surface area contributed by atoms with E-state index in [1.165, 1.54) is 5.01 Å². The molecule has 1 aliphatic carbocycles. The van der Waals surface area contributed by atoms with Gasteiger partial charge in [-0.15, -0.1) is 0 Å². The number of fused-ring (bicyclic) bond motifs is 4. The molecule has 3 aliphatic rings. The van der Waals surface area contributed by atoms with Crippen LogP contribution in [0.4, 0.5) is 0 Å². The topological polar surface area (TPSA) is 156 Å². The zero-order valence-corrected chi connectivity index (χ0v) is 29.1. The Morgan fingerprint density at radius 1 is 1.02 bits per heavy atom. The smallest absolute Gasteiger partial charge is 0.316 e. The molecule has 49 heavy (non-hydrogen) atoms. The molecule has 5 rings (SSSR count). The molecule has 3 N–H and O–H groups in total. The van der Waals surface area contributed by atoms with Crippen LogP contribution in [-0.4, -0.2) is 70.5 Å². The molecule has 2 aliphatic heterocycles. The molecule has 3 amide bonds. The summed E-state index contributed by atoms with van der Waals surface area (Å²) in [6, 6.07) is 7.69. The first-order valence-corrected chi connectivity index (χ1v) is 17.6. The number of carbonyl (C=O) groups excluding carboxylic acids is 5. The summed E-state index contributed by atoms with van der Waals surface area (Å²) in [5, 5.41) is 8.07. The molecular formula is C37H49N5O7. The molecule has 12 heteroatoms. The van der Waals surface area contributed by atoms with Crippen LogP contribution in [0.3, 0.4) is 0 Å². The van der Waals surface area contributed by atoms with Crippen molar-refractivity contribution in [3.05, 3.63) is 47.7 Å². The van der Waals surface area contributed by atoms with Crippen LogP contribution in [0.25, 0.3) is 17.0 Å². The third-order valence-corrected chi connectivity index (χ3v) is 9.71. The largest absolute Gasteiger partial charge is 0.462 e. The van der Waals surface area contributed by atoms with Gasteiger partial charge in [-0.05, 0) is 82.4 Å². The number of nitrogens with zero attached hydrogens (tertiary/aromatic N) is 2. The molecule has 1 aromatic carbocycles. The quantitative estimate of drug-likeness (QED) is 0.403. The maximum atomic E-state index is 14.2. The van der Waals surface area contributed by atoms with Crippen molar-refractivity contribution in [2.24, 2.45) is 11.3 Å². The second kappa shape index (κ2) is 15.5. The number of nitrogens with one attached hydrogen (secondary N) is 3. The number of aromatic nitrogens is 1. The Hall–Kier alpha value is -4.32. The van der Waals surface area contributed by atoms with Crippen LogP contribution in [0.2, 0.25) is 0 Å². The second-order valence-corrected chi connectivity index (χ2v) is 14.0. The molecule has 1 saturated heterocycles. The lowest BCUT2D eigenvalue weighted by molar-refractivity contribution is -0.170. The number of hydrazine groups is 1. The summed E-state index contributed by atoms with van der Waals surface area (Å²) in [6.45, 7) is 9.30. The third kappa shape index (κ3) is 8.46. The Bertz CT molecular complexity index is 1600. The van der Waals surface area contributed by atoms with Crippen LogP contribution in [0.5, 0.6) is 0 Å². The number of hydrogen-bond acceptors (Lipinski definition) is 9. The van der Waals surface area contributed by atoms with Gasteiger partial charge in [0.15, 0.2) is 6.10 Å². The molecule has 1 aromatic heterocycles. The van der Waals surface area contributed by atoms with Gasteiger partial charge in [0.2, 0.25) is 5.91 Å². The van der Waals surface area contributed by atoms with Crippen molar-refractivity contribution in [1.29, 1.82) is 0 Å². The van der Waals surface area contributed by atoms with E-state index in [1.807, 2.05) is 56.3 Å². The van der Waals surface area contributed by atoms with Crippen LogP contribution in [0.1, 0.15) is 103 Å². The van der Waals surface area contributed by atoms with E-state index < -0.39 is 47.4 Å². The minimum Gasteiger partial charge on any atom is -0.462 e. The molecule has 0 radical (unpaired) electrons. The lowest BCUT2D eigenvalue weighted by atomic mass is 9.72. The fourth-order valence-electron chi connectivity index (χ4n) is 6.70. The molecule has 264 valence electrons. The Kier molecular flexibility index (Phi) is 11.4. The lowest BCUT2D eigenvalue weighted by Crippen LogP contribution is -2.61. The highest BCUT2D eigenvalue weighted by atomic mass is 16.6. The number of esters is 2. The summed E-state index contributed by atoms with van der Waals surface area (Å²) >= 11 is 0. The number of hydrogen-bond donors (Lipinski definition) is 3. The van der Waals surface area contributed by atoms with E-state index in [9.17, 15) is 24.0 Å². The monoisotopic (exact) mass is 675 g/mol. The van der Waals surface area contributed by atoms with E-state index in [2.05, 4.69) is 16.1 Å². The summed E-state index contributed by atoms with van der Waals surface area (Å²) in [4.78, 5) is 71.6. The van der Waals surface area contributed by atoms with Gasteiger partial charge in [0.25, 0.3) is 11.8 Å². The summed E-state index contributed by atoms with van der Waals surface area (Å²) in [5.74, 6) is -2.41. The van der Waals surface area contributed by atoms with Gasteiger partial charge in [0.1, 0.15) is 18.2 Å². The van der Waals surface area contributed by atoms with Crippen molar-refractivity contribution in [3.63, 3.8) is 0 Å². The summed E-state index contributed by atoms with van der Waals surface area (Å²) in [7, 11) is 0.